The van der Waals surface area contributed by atoms with Crippen molar-refractivity contribution in [1.82, 2.24) is 4.31 Å². The fraction of sp³-hybridized carbons (Fsp3) is 1.00. The molecule has 0 aliphatic carbocycles. The fourth-order valence-corrected chi connectivity index (χ4v) is 1.57. The van der Waals surface area contributed by atoms with Crippen molar-refractivity contribution in [2.45, 2.75) is 32.7 Å². The van der Waals surface area contributed by atoms with Gasteiger partial charge >= 0.3 is 0 Å². The third kappa shape index (κ3) is 4.15. The number of aliphatic hydroxyl groups is 1. The second-order valence-electron chi connectivity index (χ2n) is 3.57. The van der Waals surface area contributed by atoms with Crippen LogP contribution in [0.1, 0.15) is 27.2 Å². The molecule has 0 bridgehead atoms. The van der Waals surface area contributed by atoms with Crippen molar-refractivity contribution in [1.29, 1.82) is 0 Å². The molecule has 0 radical (unpaired) electrons. The summed E-state index contributed by atoms with van der Waals surface area (Å²) >= 11 is -2.20. The number of nitrogens with zero attached hydrogens (tertiary/aromatic N) is 1. The fourth-order valence-electron chi connectivity index (χ4n) is 0.848. The first-order valence-electron chi connectivity index (χ1n) is 3.87. The maximum Gasteiger partial charge on any atom is 0.0443 e. The molecule has 1 unspecified atom stereocenters. The Balaban J connectivity index is 4.15. The second kappa shape index (κ2) is 4.91. The van der Waals surface area contributed by atoms with Gasteiger partial charge < -0.3 is 9.66 Å². The molecule has 1 atom stereocenters. The predicted molar refractivity (Wildman–Crippen MR) is 47.1 cm³/mol. The van der Waals surface area contributed by atoms with Crippen LogP contribution in [0.25, 0.3) is 0 Å². The van der Waals surface area contributed by atoms with Gasteiger partial charge in [0.25, 0.3) is 0 Å². The highest BCUT2D eigenvalue weighted by Crippen LogP contribution is 2.14. The maximum atomic E-state index is 10.7. The molecule has 0 spiro atoms. The molecule has 0 saturated carbocycles. The number of rotatable bonds is 4. The Kier molecular flexibility index (Phi) is 4.92. The minimum absolute atomic E-state index is 0.0176. The molecule has 74 valence electrons. The number of hydrogen-bond acceptors (Lipinski definition) is 3. The van der Waals surface area contributed by atoms with Gasteiger partial charge in [-0.1, -0.05) is 0 Å². The Morgan fingerprint density at radius 2 is 2.00 bits per heavy atom. The summed E-state index contributed by atoms with van der Waals surface area (Å²) in [6.07, 6.45) is 0.477. The molecule has 0 aromatic rings. The first-order chi connectivity index (χ1) is 5.39. The topological polar surface area (TPSA) is 63.6 Å². The number of hydrogen-bond donors (Lipinski definition) is 1. The standard InChI is InChI=1S/C7H17NO3S/c1-7(2,3)8(12(10)11)5-4-6-9/h9H,4-6H2,1-3H3,(H,10,11)/p-1. The summed E-state index contributed by atoms with van der Waals surface area (Å²) in [6, 6.07) is 0. The summed E-state index contributed by atoms with van der Waals surface area (Å²) in [5.41, 5.74) is -0.401. The van der Waals surface area contributed by atoms with Gasteiger partial charge in [0.1, 0.15) is 0 Å². The average Bonchev–Trinajstić information content (AvgIpc) is 1.84. The Labute approximate surface area is 76.0 Å². The van der Waals surface area contributed by atoms with E-state index in [1.807, 2.05) is 20.8 Å². The van der Waals surface area contributed by atoms with E-state index in [0.29, 0.717) is 13.0 Å². The van der Waals surface area contributed by atoms with Crippen LogP contribution in [0.4, 0.5) is 0 Å². The van der Waals surface area contributed by atoms with E-state index in [1.165, 1.54) is 4.31 Å². The Morgan fingerprint density at radius 3 is 2.25 bits per heavy atom. The lowest BCUT2D eigenvalue weighted by atomic mass is 10.1. The van der Waals surface area contributed by atoms with Crippen LogP contribution < -0.4 is 0 Å². The zero-order chi connectivity index (χ0) is 9.78. The molecule has 0 fully saturated rings. The SMILES string of the molecule is CC(C)(C)N(CCCO)S(=O)[O-]. The van der Waals surface area contributed by atoms with E-state index in [4.69, 9.17) is 5.11 Å². The summed E-state index contributed by atoms with van der Waals surface area (Å²) in [5, 5.41) is 8.53. The van der Waals surface area contributed by atoms with Crippen LogP contribution in [-0.2, 0) is 11.3 Å². The van der Waals surface area contributed by atoms with Crippen LogP contribution >= 0.6 is 0 Å². The molecule has 0 heterocycles. The number of aliphatic hydroxyl groups excluding tert-OH is 1. The van der Waals surface area contributed by atoms with Gasteiger partial charge in [-0.15, -0.1) is 0 Å². The molecular formula is C7H16NO3S-. The van der Waals surface area contributed by atoms with E-state index in [9.17, 15) is 8.76 Å². The summed E-state index contributed by atoms with van der Waals surface area (Å²) in [7, 11) is 0. The van der Waals surface area contributed by atoms with Crippen LogP contribution in [0.2, 0.25) is 0 Å². The van der Waals surface area contributed by atoms with Crippen molar-refractivity contribution in [2.24, 2.45) is 0 Å². The highest BCUT2D eigenvalue weighted by atomic mass is 32.2. The molecule has 5 heteroatoms. The molecule has 0 aliphatic heterocycles. The van der Waals surface area contributed by atoms with E-state index < -0.39 is 16.8 Å². The lowest BCUT2D eigenvalue weighted by Gasteiger charge is -2.36. The Hall–Kier alpha value is 0.0300. The van der Waals surface area contributed by atoms with Crippen LogP contribution in [0, 0.1) is 0 Å². The van der Waals surface area contributed by atoms with Crippen molar-refractivity contribution < 1.29 is 13.9 Å². The molecule has 4 nitrogen and oxygen atoms in total. The normalized spacial score (nSPS) is 15.2. The van der Waals surface area contributed by atoms with E-state index >= 15 is 0 Å². The largest absolute Gasteiger partial charge is 0.760 e. The lowest BCUT2D eigenvalue weighted by Crippen LogP contribution is -2.43. The lowest BCUT2D eigenvalue weighted by molar-refractivity contribution is 0.211. The smallest absolute Gasteiger partial charge is 0.0443 e. The van der Waals surface area contributed by atoms with Gasteiger partial charge in [0.15, 0.2) is 0 Å². The van der Waals surface area contributed by atoms with Crippen molar-refractivity contribution >= 4 is 11.3 Å². The molecule has 0 saturated heterocycles. The van der Waals surface area contributed by atoms with E-state index in [2.05, 4.69) is 0 Å². The van der Waals surface area contributed by atoms with Crippen molar-refractivity contribution in [3.8, 4) is 0 Å². The summed E-state index contributed by atoms with van der Waals surface area (Å²) in [6.45, 7) is 5.85. The Bertz CT molecular complexity index is 155. The molecule has 0 aromatic heterocycles. The van der Waals surface area contributed by atoms with Crippen molar-refractivity contribution in [2.75, 3.05) is 13.2 Å². The Morgan fingerprint density at radius 1 is 1.50 bits per heavy atom. The monoisotopic (exact) mass is 194 g/mol. The summed E-state index contributed by atoms with van der Waals surface area (Å²) in [5.74, 6) is 0. The van der Waals surface area contributed by atoms with E-state index in [-0.39, 0.29) is 6.61 Å². The summed E-state index contributed by atoms with van der Waals surface area (Å²) in [4.78, 5) is 0. The zero-order valence-corrected chi connectivity index (χ0v) is 8.56. The van der Waals surface area contributed by atoms with Crippen LogP contribution in [0.5, 0.6) is 0 Å². The van der Waals surface area contributed by atoms with Gasteiger partial charge in [0.05, 0.1) is 0 Å². The third-order valence-electron chi connectivity index (χ3n) is 1.45. The van der Waals surface area contributed by atoms with Gasteiger partial charge in [0.2, 0.25) is 0 Å². The van der Waals surface area contributed by atoms with Crippen molar-refractivity contribution in [3.63, 3.8) is 0 Å². The molecule has 0 aromatic carbocycles. The minimum atomic E-state index is -2.20. The van der Waals surface area contributed by atoms with E-state index in [0.717, 1.165) is 0 Å². The van der Waals surface area contributed by atoms with Gasteiger partial charge in [0, 0.05) is 30.0 Å². The quantitative estimate of drug-likeness (QED) is 0.653. The van der Waals surface area contributed by atoms with Crippen molar-refractivity contribution in [3.05, 3.63) is 0 Å². The first-order valence-corrected chi connectivity index (χ1v) is 4.90. The van der Waals surface area contributed by atoms with E-state index in [1.54, 1.807) is 0 Å². The average molecular weight is 194 g/mol. The molecule has 0 rings (SSSR count). The molecule has 1 N–H and O–H groups in total. The summed E-state index contributed by atoms with van der Waals surface area (Å²) < 4.78 is 22.7. The molecular weight excluding hydrogens is 178 g/mol. The van der Waals surface area contributed by atoms with Gasteiger partial charge in [-0.25, -0.2) is 4.31 Å². The highest BCUT2D eigenvalue weighted by Gasteiger charge is 2.21. The van der Waals surface area contributed by atoms with Crippen LogP contribution in [0.3, 0.4) is 0 Å². The predicted octanol–water partition coefficient (Wildman–Crippen LogP) is 0.263. The molecule has 0 aliphatic rings. The third-order valence-corrected chi connectivity index (χ3v) is 2.54. The zero-order valence-electron chi connectivity index (χ0n) is 7.74. The molecule has 0 amide bonds. The highest BCUT2D eigenvalue weighted by molar-refractivity contribution is 7.76. The van der Waals surface area contributed by atoms with Crippen LogP contribution in [0.15, 0.2) is 0 Å². The maximum absolute atomic E-state index is 10.7. The van der Waals surface area contributed by atoms with Gasteiger partial charge in [-0.05, 0) is 27.2 Å². The molecule has 12 heavy (non-hydrogen) atoms. The van der Waals surface area contributed by atoms with Gasteiger partial charge in [-0.2, -0.15) is 0 Å². The van der Waals surface area contributed by atoms with Crippen LogP contribution in [-0.4, -0.2) is 36.9 Å². The first kappa shape index (κ1) is 12.0. The second-order valence-corrected chi connectivity index (χ2v) is 4.44. The van der Waals surface area contributed by atoms with Gasteiger partial charge in [-0.3, -0.25) is 4.21 Å². The minimum Gasteiger partial charge on any atom is -0.760 e.